The van der Waals surface area contributed by atoms with Crippen molar-refractivity contribution in [1.29, 1.82) is 0 Å². The normalized spacial score (nSPS) is 13.8. The summed E-state index contributed by atoms with van der Waals surface area (Å²) in [7, 11) is 1.83. The Morgan fingerprint density at radius 1 is 1.42 bits per heavy atom. The standard InChI is InChI=1S/C16H23N7OS.HI/c1-3-17-16(18-8-14-20-11-21-22(14)2)19-9-15(24)23-6-4-13-12(10-23)5-7-25-13;/h5,7,11H,3-4,6,8-10H2,1-2H3,(H2,17,18,19);1H. The summed E-state index contributed by atoms with van der Waals surface area (Å²) in [5.74, 6) is 1.46. The van der Waals surface area contributed by atoms with Crippen LogP contribution in [-0.2, 0) is 31.4 Å². The summed E-state index contributed by atoms with van der Waals surface area (Å²) in [6, 6.07) is 2.11. The van der Waals surface area contributed by atoms with Crippen molar-refractivity contribution in [2.75, 3.05) is 19.6 Å². The number of carbonyl (C=O) groups excluding carboxylic acids is 1. The Bertz CT molecular complexity index is 757. The van der Waals surface area contributed by atoms with Gasteiger partial charge in [-0.25, -0.2) is 9.98 Å². The SMILES string of the molecule is CCNC(=NCc1ncnn1C)NCC(=O)N1CCc2sccc2C1.I. The number of thiophene rings is 1. The third-order valence-electron chi connectivity index (χ3n) is 4.10. The van der Waals surface area contributed by atoms with Gasteiger partial charge in [0.05, 0.1) is 6.54 Å². The van der Waals surface area contributed by atoms with E-state index in [9.17, 15) is 4.79 Å². The number of aromatic nitrogens is 3. The predicted octanol–water partition coefficient (Wildman–Crippen LogP) is 1.13. The molecular weight excluding hydrogens is 465 g/mol. The Hall–Kier alpha value is -1.69. The second-order valence-electron chi connectivity index (χ2n) is 5.78. The van der Waals surface area contributed by atoms with Gasteiger partial charge in [0.1, 0.15) is 18.7 Å². The van der Waals surface area contributed by atoms with E-state index < -0.39 is 0 Å². The minimum Gasteiger partial charge on any atom is -0.357 e. The van der Waals surface area contributed by atoms with Gasteiger partial charge in [-0.2, -0.15) is 5.10 Å². The van der Waals surface area contributed by atoms with Crippen LogP contribution in [0.2, 0.25) is 0 Å². The summed E-state index contributed by atoms with van der Waals surface area (Å²) < 4.78 is 1.68. The van der Waals surface area contributed by atoms with Gasteiger partial charge < -0.3 is 15.5 Å². The van der Waals surface area contributed by atoms with Gasteiger partial charge in [-0.15, -0.1) is 35.3 Å². The van der Waals surface area contributed by atoms with Crippen molar-refractivity contribution in [1.82, 2.24) is 30.3 Å². The average Bonchev–Trinajstić information content (AvgIpc) is 3.25. The largest absolute Gasteiger partial charge is 0.357 e. The van der Waals surface area contributed by atoms with Gasteiger partial charge in [0.2, 0.25) is 5.91 Å². The van der Waals surface area contributed by atoms with E-state index in [4.69, 9.17) is 0 Å². The zero-order valence-electron chi connectivity index (χ0n) is 14.9. The molecule has 0 atom stereocenters. The Morgan fingerprint density at radius 2 is 2.27 bits per heavy atom. The first-order chi connectivity index (χ1) is 12.2. The van der Waals surface area contributed by atoms with E-state index in [-0.39, 0.29) is 36.4 Å². The number of rotatable bonds is 5. The van der Waals surface area contributed by atoms with Gasteiger partial charge in [0.25, 0.3) is 0 Å². The number of hydrogen-bond acceptors (Lipinski definition) is 5. The maximum Gasteiger partial charge on any atom is 0.242 e. The monoisotopic (exact) mass is 489 g/mol. The van der Waals surface area contributed by atoms with Crippen LogP contribution in [0.25, 0.3) is 0 Å². The van der Waals surface area contributed by atoms with E-state index in [1.165, 1.54) is 16.8 Å². The number of nitrogens with zero attached hydrogens (tertiary/aromatic N) is 5. The molecule has 0 aromatic carbocycles. The molecule has 10 heteroatoms. The highest BCUT2D eigenvalue weighted by molar-refractivity contribution is 14.0. The topological polar surface area (TPSA) is 87.4 Å². The van der Waals surface area contributed by atoms with Crippen LogP contribution in [0, 0.1) is 0 Å². The number of amides is 1. The van der Waals surface area contributed by atoms with Crippen molar-refractivity contribution < 1.29 is 4.79 Å². The molecule has 3 heterocycles. The van der Waals surface area contributed by atoms with Crippen LogP contribution in [0.1, 0.15) is 23.2 Å². The average molecular weight is 489 g/mol. The molecule has 2 N–H and O–H groups in total. The Kier molecular flexibility index (Phi) is 7.82. The molecule has 2 aromatic rings. The van der Waals surface area contributed by atoms with Crippen molar-refractivity contribution in [3.63, 3.8) is 0 Å². The molecule has 1 amide bonds. The highest BCUT2D eigenvalue weighted by Crippen LogP contribution is 2.23. The van der Waals surface area contributed by atoms with E-state index in [0.717, 1.165) is 25.3 Å². The number of halogens is 1. The molecule has 0 unspecified atom stereocenters. The maximum atomic E-state index is 12.5. The Balaban J connectivity index is 0.00000243. The molecule has 8 nitrogen and oxygen atoms in total. The van der Waals surface area contributed by atoms with Crippen LogP contribution in [0.5, 0.6) is 0 Å². The van der Waals surface area contributed by atoms with Crippen molar-refractivity contribution in [3.8, 4) is 0 Å². The van der Waals surface area contributed by atoms with E-state index in [1.54, 1.807) is 16.0 Å². The van der Waals surface area contributed by atoms with Crippen LogP contribution in [-0.4, -0.2) is 51.2 Å². The van der Waals surface area contributed by atoms with Crippen molar-refractivity contribution >= 4 is 47.2 Å². The molecule has 26 heavy (non-hydrogen) atoms. The Labute approximate surface area is 174 Å². The number of hydrogen-bond donors (Lipinski definition) is 2. The third kappa shape index (κ3) is 5.16. The van der Waals surface area contributed by atoms with Crippen LogP contribution < -0.4 is 10.6 Å². The zero-order chi connectivity index (χ0) is 17.6. The van der Waals surface area contributed by atoms with Crippen molar-refractivity contribution in [2.24, 2.45) is 12.0 Å². The number of carbonyl (C=O) groups is 1. The lowest BCUT2D eigenvalue weighted by atomic mass is 10.1. The summed E-state index contributed by atoms with van der Waals surface area (Å²) in [5, 5.41) is 12.4. The molecular formula is C16H24IN7OS. The molecule has 1 aliphatic heterocycles. The highest BCUT2D eigenvalue weighted by Gasteiger charge is 2.21. The van der Waals surface area contributed by atoms with Crippen LogP contribution in [0.3, 0.4) is 0 Å². The van der Waals surface area contributed by atoms with Crippen molar-refractivity contribution in [3.05, 3.63) is 34.0 Å². The molecule has 3 rings (SSSR count). The lowest BCUT2D eigenvalue weighted by Crippen LogP contribution is -2.45. The van der Waals surface area contributed by atoms with Gasteiger partial charge in [-0.3, -0.25) is 9.48 Å². The highest BCUT2D eigenvalue weighted by atomic mass is 127. The fourth-order valence-electron chi connectivity index (χ4n) is 2.69. The van der Waals surface area contributed by atoms with Gasteiger partial charge in [-0.05, 0) is 30.4 Å². The third-order valence-corrected chi connectivity index (χ3v) is 5.12. The second-order valence-corrected chi connectivity index (χ2v) is 6.78. The molecule has 0 radical (unpaired) electrons. The summed E-state index contributed by atoms with van der Waals surface area (Å²) in [4.78, 5) is 24.4. The lowest BCUT2D eigenvalue weighted by Gasteiger charge is -2.27. The summed E-state index contributed by atoms with van der Waals surface area (Å²) in [6.45, 7) is 4.82. The van der Waals surface area contributed by atoms with Gasteiger partial charge in [0, 0.05) is 31.6 Å². The predicted molar refractivity (Wildman–Crippen MR) is 113 cm³/mol. The number of fused-ring (bicyclic) bond motifs is 1. The van der Waals surface area contributed by atoms with Gasteiger partial charge in [-0.1, -0.05) is 0 Å². The van der Waals surface area contributed by atoms with Crippen LogP contribution in [0.4, 0.5) is 0 Å². The summed E-state index contributed by atoms with van der Waals surface area (Å²) in [5.41, 5.74) is 1.27. The van der Waals surface area contributed by atoms with E-state index in [0.29, 0.717) is 19.0 Å². The first-order valence-corrected chi connectivity index (χ1v) is 9.23. The number of aryl methyl sites for hydroxylation is 1. The van der Waals surface area contributed by atoms with Crippen LogP contribution in [0.15, 0.2) is 22.8 Å². The minimum absolute atomic E-state index is 0. The maximum absolute atomic E-state index is 12.5. The number of nitrogens with one attached hydrogen (secondary N) is 2. The first kappa shape index (κ1) is 20.6. The Morgan fingerprint density at radius 3 is 3.00 bits per heavy atom. The molecule has 0 saturated heterocycles. The molecule has 0 aliphatic carbocycles. The fraction of sp³-hybridized carbons (Fsp3) is 0.500. The molecule has 0 spiro atoms. The minimum atomic E-state index is 0. The molecule has 0 bridgehead atoms. The quantitative estimate of drug-likeness (QED) is 0.374. The number of aliphatic imine (C=N–C) groups is 1. The summed E-state index contributed by atoms with van der Waals surface area (Å²) >= 11 is 1.77. The lowest BCUT2D eigenvalue weighted by molar-refractivity contribution is -0.130. The zero-order valence-corrected chi connectivity index (χ0v) is 18.1. The molecule has 0 saturated carbocycles. The van der Waals surface area contributed by atoms with E-state index >= 15 is 0 Å². The van der Waals surface area contributed by atoms with Crippen LogP contribution >= 0.6 is 35.3 Å². The van der Waals surface area contributed by atoms with Gasteiger partial charge in [0.15, 0.2) is 5.96 Å². The van der Waals surface area contributed by atoms with E-state index in [2.05, 4.69) is 37.2 Å². The second kappa shape index (κ2) is 9.86. The molecule has 2 aromatic heterocycles. The fourth-order valence-corrected chi connectivity index (χ4v) is 3.58. The number of guanidine groups is 1. The molecule has 142 valence electrons. The first-order valence-electron chi connectivity index (χ1n) is 8.35. The molecule has 1 aliphatic rings. The summed E-state index contributed by atoms with van der Waals surface area (Å²) in [6.07, 6.45) is 2.45. The van der Waals surface area contributed by atoms with E-state index in [1.807, 2.05) is 18.9 Å². The molecule has 0 fully saturated rings. The van der Waals surface area contributed by atoms with Crippen molar-refractivity contribution in [2.45, 2.75) is 26.4 Å². The smallest absolute Gasteiger partial charge is 0.242 e. The van der Waals surface area contributed by atoms with Gasteiger partial charge >= 0.3 is 0 Å².